The van der Waals surface area contributed by atoms with Gasteiger partial charge in [0.2, 0.25) is 0 Å². The van der Waals surface area contributed by atoms with Crippen LogP contribution in [0, 0.1) is 0 Å². The summed E-state index contributed by atoms with van der Waals surface area (Å²) in [7, 11) is 0. The summed E-state index contributed by atoms with van der Waals surface area (Å²) in [5.41, 5.74) is 0.920. The summed E-state index contributed by atoms with van der Waals surface area (Å²) in [6, 6.07) is 4.99. The molecule has 0 spiro atoms. The van der Waals surface area contributed by atoms with Gasteiger partial charge in [-0.2, -0.15) is 0 Å². The minimum absolute atomic E-state index is 0.0265. The topological polar surface area (TPSA) is 74.7 Å². The molecule has 1 aromatic rings. The van der Waals surface area contributed by atoms with Crippen LogP contribution < -0.4 is 4.90 Å². The van der Waals surface area contributed by atoms with E-state index in [2.05, 4.69) is 15.9 Å². The molecule has 0 atom stereocenters. The van der Waals surface area contributed by atoms with E-state index in [1.54, 1.807) is 18.2 Å². The molecule has 5 nitrogen and oxygen atoms in total. The normalized spacial score (nSPS) is 13.9. The molecule has 1 heterocycles. The van der Waals surface area contributed by atoms with E-state index in [0.29, 0.717) is 17.7 Å². The van der Waals surface area contributed by atoms with Crippen molar-refractivity contribution in [2.45, 2.75) is 12.8 Å². The molecule has 1 N–H and O–H groups in total. The van der Waals surface area contributed by atoms with Crippen LogP contribution in [-0.4, -0.2) is 29.3 Å². The molecule has 0 aromatic heterocycles. The van der Waals surface area contributed by atoms with Gasteiger partial charge in [-0.05, 0) is 24.6 Å². The summed E-state index contributed by atoms with van der Waals surface area (Å²) >= 11 is 3.28. The molecule has 1 aliphatic heterocycles. The second kappa shape index (κ2) is 4.89. The number of rotatable bonds is 4. The highest BCUT2D eigenvalue weighted by Gasteiger charge is 2.35. The first kappa shape index (κ1) is 12.8. The largest absolute Gasteiger partial charge is 0.481 e. The monoisotopic (exact) mass is 311 g/mol. The number of carboxylic acid groups (broad SMARTS) is 1. The third-order valence-corrected chi connectivity index (χ3v) is 3.20. The Bertz CT molecular complexity index is 541. The van der Waals surface area contributed by atoms with Crippen LogP contribution in [0.4, 0.5) is 5.69 Å². The van der Waals surface area contributed by atoms with Gasteiger partial charge in [0, 0.05) is 17.4 Å². The number of fused-ring (bicyclic) bond motifs is 1. The Morgan fingerprint density at radius 3 is 2.72 bits per heavy atom. The zero-order valence-corrected chi connectivity index (χ0v) is 10.9. The predicted octanol–water partition coefficient (Wildman–Crippen LogP) is 1.84. The van der Waals surface area contributed by atoms with Crippen molar-refractivity contribution in [2.75, 3.05) is 11.4 Å². The summed E-state index contributed by atoms with van der Waals surface area (Å²) in [5.74, 6) is -2.04. The molecule has 1 amide bonds. The van der Waals surface area contributed by atoms with Crippen molar-refractivity contribution in [3.63, 3.8) is 0 Å². The number of benzene rings is 1. The number of aliphatic carboxylic acids is 1. The highest BCUT2D eigenvalue weighted by molar-refractivity contribution is 9.10. The summed E-state index contributed by atoms with van der Waals surface area (Å²) in [6.07, 6.45) is 0.293. The molecule has 94 valence electrons. The number of anilines is 1. The molecule has 0 fully saturated rings. The molecule has 0 aliphatic carbocycles. The number of nitrogens with zero attached hydrogens (tertiary/aromatic N) is 1. The highest BCUT2D eigenvalue weighted by atomic mass is 79.9. The zero-order chi connectivity index (χ0) is 13.3. The first-order valence-electron chi connectivity index (χ1n) is 5.38. The van der Waals surface area contributed by atoms with Gasteiger partial charge in [0.1, 0.15) is 0 Å². The van der Waals surface area contributed by atoms with Gasteiger partial charge in [-0.1, -0.05) is 15.9 Å². The molecule has 1 aromatic carbocycles. The van der Waals surface area contributed by atoms with E-state index in [4.69, 9.17) is 5.11 Å². The van der Waals surface area contributed by atoms with Gasteiger partial charge >= 0.3 is 5.97 Å². The maximum Gasteiger partial charge on any atom is 0.303 e. The quantitative estimate of drug-likeness (QED) is 0.861. The van der Waals surface area contributed by atoms with Crippen LogP contribution in [0.3, 0.4) is 0 Å². The van der Waals surface area contributed by atoms with Gasteiger partial charge in [0.05, 0.1) is 11.3 Å². The smallest absolute Gasteiger partial charge is 0.303 e. The van der Waals surface area contributed by atoms with Crippen molar-refractivity contribution < 1.29 is 19.5 Å². The molecular weight excluding hydrogens is 302 g/mol. The molecular formula is C12H10BrNO4. The molecule has 0 saturated heterocycles. The zero-order valence-electron chi connectivity index (χ0n) is 9.35. The Hall–Kier alpha value is -1.69. The maximum absolute atomic E-state index is 11.8. The second-order valence-electron chi connectivity index (χ2n) is 3.94. The van der Waals surface area contributed by atoms with Gasteiger partial charge in [0.25, 0.3) is 11.7 Å². The molecule has 0 saturated carbocycles. The number of carbonyl (C=O) groups excluding carboxylic acids is 2. The van der Waals surface area contributed by atoms with E-state index in [1.165, 1.54) is 4.90 Å². The molecule has 0 radical (unpaired) electrons. The third kappa shape index (κ3) is 2.28. The summed E-state index contributed by atoms with van der Waals surface area (Å²) in [6.45, 7) is 0.236. The van der Waals surface area contributed by atoms with E-state index in [0.717, 1.165) is 4.47 Å². The number of carbonyl (C=O) groups is 3. The number of halogens is 1. The van der Waals surface area contributed by atoms with Crippen LogP contribution >= 0.6 is 15.9 Å². The molecule has 1 aliphatic rings. The van der Waals surface area contributed by atoms with Crippen molar-refractivity contribution in [1.82, 2.24) is 0 Å². The van der Waals surface area contributed by atoms with E-state index >= 15 is 0 Å². The SMILES string of the molecule is O=C(O)CCCN1C(=O)C(=O)c2ccc(Br)cc21. The van der Waals surface area contributed by atoms with E-state index < -0.39 is 17.7 Å². The highest BCUT2D eigenvalue weighted by Crippen LogP contribution is 2.31. The Kier molecular flexibility index (Phi) is 3.47. The van der Waals surface area contributed by atoms with Gasteiger partial charge in [0.15, 0.2) is 0 Å². The Morgan fingerprint density at radius 1 is 1.33 bits per heavy atom. The Balaban J connectivity index is 2.22. The molecule has 0 bridgehead atoms. The van der Waals surface area contributed by atoms with Crippen molar-refractivity contribution in [2.24, 2.45) is 0 Å². The summed E-state index contributed by atoms with van der Waals surface area (Å²) in [5, 5.41) is 8.57. The first-order valence-corrected chi connectivity index (χ1v) is 6.17. The molecule has 2 rings (SSSR count). The number of amides is 1. The predicted molar refractivity (Wildman–Crippen MR) is 67.7 cm³/mol. The van der Waals surface area contributed by atoms with Gasteiger partial charge in [-0.15, -0.1) is 0 Å². The standard InChI is InChI=1S/C12H10BrNO4/c13-7-3-4-8-9(6-7)14(12(18)11(8)17)5-1-2-10(15)16/h3-4,6H,1-2,5H2,(H,15,16). The van der Waals surface area contributed by atoms with Crippen molar-refractivity contribution in [1.29, 1.82) is 0 Å². The number of Topliss-reactive ketones (excluding diaryl/α,β-unsaturated/α-hetero) is 1. The van der Waals surface area contributed by atoms with Gasteiger partial charge in [-0.3, -0.25) is 14.4 Å². The van der Waals surface area contributed by atoms with Crippen LogP contribution in [0.5, 0.6) is 0 Å². The molecule has 18 heavy (non-hydrogen) atoms. The second-order valence-corrected chi connectivity index (χ2v) is 4.86. The number of hydrogen-bond acceptors (Lipinski definition) is 3. The summed E-state index contributed by atoms with van der Waals surface area (Å²) in [4.78, 5) is 35.2. The number of carboxylic acids is 1. The minimum Gasteiger partial charge on any atom is -0.481 e. The fourth-order valence-corrected chi connectivity index (χ4v) is 2.23. The maximum atomic E-state index is 11.8. The van der Waals surface area contributed by atoms with Crippen molar-refractivity contribution in [3.8, 4) is 0 Å². The summed E-state index contributed by atoms with van der Waals surface area (Å²) < 4.78 is 0.770. The average Bonchev–Trinajstić information content (AvgIpc) is 2.53. The van der Waals surface area contributed by atoms with Gasteiger partial charge < -0.3 is 10.0 Å². The van der Waals surface area contributed by atoms with Crippen LogP contribution in [0.25, 0.3) is 0 Å². The van der Waals surface area contributed by atoms with Gasteiger partial charge in [-0.25, -0.2) is 0 Å². The average molecular weight is 312 g/mol. The third-order valence-electron chi connectivity index (χ3n) is 2.71. The minimum atomic E-state index is -0.914. The number of ketones is 1. The van der Waals surface area contributed by atoms with Crippen LogP contribution in [0.1, 0.15) is 23.2 Å². The van der Waals surface area contributed by atoms with E-state index in [-0.39, 0.29) is 13.0 Å². The lowest BCUT2D eigenvalue weighted by Gasteiger charge is -2.15. The van der Waals surface area contributed by atoms with Crippen LogP contribution in [-0.2, 0) is 9.59 Å². The Morgan fingerprint density at radius 2 is 2.06 bits per heavy atom. The van der Waals surface area contributed by atoms with E-state index in [1.807, 2.05) is 0 Å². The lowest BCUT2D eigenvalue weighted by atomic mass is 10.1. The van der Waals surface area contributed by atoms with Crippen LogP contribution in [0.2, 0.25) is 0 Å². The lowest BCUT2D eigenvalue weighted by molar-refractivity contribution is -0.137. The van der Waals surface area contributed by atoms with E-state index in [9.17, 15) is 14.4 Å². The van der Waals surface area contributed by atoms with Crippen molar-refractivity contribution in [3.05, 3.63) is 28.2 Å². The fraction of sp³-hybridized carbons (Fsp3) is 0.250. The Labute approximate surface area is 112 Å². The first-order chi connectivity index (χ1) is 8.50. The van der Waals surface area contributed by atoms with Crippen molar-refractivity contribution >= 4 is 39.3 Å². The number of hydrogen-bond donors (Lipinski definition) is 1. The van der Waals surface area contributed by atoms with Crippen LogP contribution in [0.15, 0.2) is 22.7 Å². The fourth-order valence-electron chi connectivity index (χ4n) is 1.88. The lowest BCUT2D eigenvalue weighted by Crippen LogP contribution is -2.30. The molecule has 0 unspecified atom stereocenters. The molecule has 6 heteroatoms.